The first kappa shape index (κ1) is 26.2. The summed E-state index contributed by atoms with van der Waals surface area (Å²) in [6.45, 7) is 4.20. The first-order chi connectivity index (χ1) is 19.6. The van der Waals surface area contributed by atoms with Crippen LogP contribution in [0.4, 0.5) is 4.39 Å². The van der Waals surface area contributed by atoms with Crippen molar-refractivity contribution >= 4 is 18.0 Å². The van der Waals surface area contributed by atoms with E-state index in [1.54, 1.807) is 18.2 Å². The van der Waals surface area contributed by atoms with Gasteiger partial charge in [0.2, 0.25) is 5.76 Å². The molecule has 4 aliphatic carbocycles. The van der Waals surface area contributed by atoms with Crippen LogP contribution < -0.4 is 5.73 Å². The largest absolute Gasteiger partial charge is 0.457 e. The summed E-state index contributed by atoms with van der Waals surface area (Å²) in [6, 6.07) is 9.41. The summed E-state index contributed by atoms with van der Waals surface area (Å²) >= 11 is 0. The number of aromatic nitrogens is 2. The molecule has 0 radical (unpaired) electrons. The second-order valence-electron chi connectivity index (χ2n) is 12.8. The fourth-order valence-electron chi connectivity index (χ4n) is 9.19. The number of allylic oxidation sites excluding steroid dienone is 1. The van der Waals surface area contributed by atoms with Gasteiger partial charge in [-0.05, 0) is 110 Å². The van der Waals surface area contributed by atoms with Crippen LogP contribution in [-0.4, -0.2) is 38.5 Å². The molecule has 3 N–H and O–H groups in total. The molecule has 1 amide bonds. The minimum Gasteiger partial charge on any atom is -0.457 e. The Morgan fingerprint density at radius 3 is 2.68 bits per heavy atom. The fourth-order valence-corrected chi connectivity index (χ4v) is 9.19. The molecule has 7 rings (SSSR count). The molecule has 3 fully saturated rings. The second kappa shape index (κ2) is 8.89. The zero-order valence-electron chi connectivity index (χ0n) is 23.2. The smallest absolute Gasteiger partial charge is 0.375 e. The molecule has 0 spiro atoms. The molecule has 214 valence electrons. The van der Waals surface area contributed by atoms with Crippen LogP contribution in [0.2, 0.25) is 0 Å². The van der Waals surface area contributed by atoms with Gasteiger partial charge in [-0.25, -0.2) is 13.9 Å². The number of nitrogens with zero attached hydrogens (tertiary/aromatic N) is 2. The summed E-state index contributed by atoms with van der Waals surface area (Å²) < 4.78 is 26.6. The minimum atomic E-state index is -1.53. The van der Waals surface area contributed by atoms with Crippen molar-refractivity contribution in [1.82, 2.24) is 9.78 Å². The molecule has 4 aliphatic rings. The highest BCUT2D eigenvalue weighted by molar-refractivity contribution is 5.92. The molecule has 1 aromatic carbocycles. The fraction of sp³-hybridized carbons (Fsp3) is 0.469. The first-order valence-corrected chi connectivity index (χ1v) is 14.4. The van der Waals surface area contributed by atoms with Crippen LogP contribution in [0.25, 0.3) is 11.8 Å². The standard InChI is InChI=1S/C32H34FN3O5/c1-30-15-18-17-35-36(21-8-6-20(33)7-9-21)24(18)14-19(30)5-10-22-23-11-12-32(29(34)39,31(23,2)16-25(37)27(22)30)41-28(38)26-4-3-13-40-26/h3-4,6-9,13-14,17,22-23,25,27,37H,5,10-12,15-16H2,1-2H3,(H2,34,39)/t22?,23?,25-,27?,30?,31?,32-/m0/s1. The number of halogens is 1. The van der Waals surface area contributed by atoms with E-state index < -0.39 is 29.0 Å². The Hall–Kier alpha value is -3.72. The Morgan fingerprint density at radius 1 is 1.20 bits per heavy atom. The number of ether oxygens (including phenoxy) is 1. The number of nitrogens with two attached hydrogens (primary N) is 1. The summed E-state index contributed by atoms with van der Waals surface area (Å²) in [7, 11) is 0. The highest BCUT2D eigenvalue weighted by Gasteiger charge is 2.70. The van der Waals surface area contributed by atoms with Crippen LogP contribution in [0.1, 0.15) is 67.8 Å². The zero-order valence-corrected chi connectivity index (χ0v) is 23.2. The number of fused-ring (bicyclic) bond motifs is 6. The summed E-state index contributed by atoms with van der Waals surface area (Å²) in [6.07, 6.45) is 8.48. The van der Waals surface area contributed by atoms with Crippen molar-refractivity contribution in [2.75, 3.05) is 0 Å². The number of benzene rings is 1. The lowest BCUT2D eigenvalue weighted by Crippen LogP contribution is -2.64. The van der Waals surface area contributed by atoms with E-state index in [-0.39, 0.29) is 34.7 Å². The molecule has 0 aliphatic heterocycles. The molecule has 8 nitrogen and oxygen atoms in total. The average molecular weight is 560 g/mol. The molecule has 41 heavy (non-hydrogen) atoms. The average Bonchev–Trinajstić information content (AvgIpc) is 3.66. The number of rotatable bonds is 4. The summed E-state index contributed by atoms with van der Waals surface area (Å²) in [4.78, 5) is 26.1. The molecule has 3 saturated carbocycles. The lowest BCUT2D eigenvalue weighted by atomic mass is 9.45. The predicted molar refractivity (Wildman–Crippen MR) is 147 cm³/mol. The van der Waals surface area contributed by atoms with Gasteiger partial charge in [0.05, 0.1) is 29.9 Å². The second-order valence-corrected chi connectivity index (χ2v) is 12.8. The van der Waals surface area contributed by atoms with Gasteiger partial charge >= 0.3 is 5.97 Å². The molecular formula is C32H34FN3O5. The van der Waals surface area contributed by atoms with Crippen LogP contribution >= 0.6 is 0 Å². The van der Waals surface area contributed by atoms with Crippen molar-refractivity contribution in [1.29, 1.82) is 0 Å². The number of hydrogen-bond donors (Lipinski definition) is 2. The van der Waals surface area contributed by atoms with E-state index in [1.165, 1.54) is 30.0 Å². The van der Waals surface area contributed by atoms with E-state index in [9.17, 15) is 19.1 Å². The van der Waals surface area contributed by atoms with Gasteiger partial charge in [0.15, 0.2) is 5.60 Å². The number of aliphatic hydroxyl groups excluding tert-OH is 1. The maximum atomic E-state index is 13.6. The maximum Gasteiger partial charge on any atom is 0.375 e. The van der Waals surface area contributed by atoms with Gasteiger partial charge in [-0.1, -0.05) is 19.4 Å². The minimum absolute atomic E-state index is 0.0195. The van der Waals surface area contributed by atoms with E-state index in [4.69, 9.17) is 14.9 Å². The van der Waals surface area contributed by atoms with Gasteiger partial charge in [-0.2, -0.15) is 5.10 Å². The number of esters is 1. The highest BCUT2D eigenvalue weighted by atomic mass is 19.1. The number of carbonyl (C=O) groups excluding carboxylic acids is 2. The quantitative estimate of drug-likeness (QED) is 0.442. The third-order valence-corrected chi connectivity index (χ3v) is 11.0. The molecule has 0 bridgehead atoms. The third-order valence-electron chi connectivity index (χ3n) is 11.0. The van der Waals surface area contributed by atoms with E-state index in [2.05, 4.69) is 18.1 Å². The molecule has 9 heteroatoms. The normalized spacial score (nSPS) is 35.5. The van der Waals surface area contributed by atoms with Crippen LogP contribution in [0.3, 0.4) is 0 Å². The third kappa shape index (κ3) is 3.57. The Balaban J connectivity index is 1.22. The molecule has 2 aromatic heterocycles. The number of aliphatic hydroxyl groups is 1. The summed E-state index contributed by atoms with van der Waals surface area (Å²) in [5, 5.41) is 16.6. The van der Waals surface area contributed by atoms with E-state index >= 15 is 0 Å². The number of carbonyl (C=O) groups is 2. The van der Waals surface area contributed by atoms with Crippen LogP contribution in [-0.2, 0) is 16.0 Å². The van der Waals surface area contributed by atoms with Crippen molar-refractivity contribution < 1.29 is 28.2 Å². The Bertz CT molecular complexity index is 1560. The van der Waals surface area contributed by atoms with Crippen LogP contribution in [0.5, 0.6) is 0 Å². The van der Waals surface area contributed by atoms with E-state index in [0.29, 0.717) is 19.3 Å². The number of amides is 1. The van der Waals surface area contributed by atoms with Crippen molar-refractivity contribution in [2.45, 2.75) is 64.1 Å². The van der Waals surface area contributed by atoms with E-state index in [1.807, 2.05) is 17.8 Å². The summed E-state index contributed by atoms with van der Waals surface area (Å²) in [5.74, 6) is -1.52. The SMILES string of the molecule is CC12Cc3cnn(-c4ccc(F)cc4)c3C=C1CCC1C2[C@@H](O)CC2(C)C1CC[C@]2(OC(=O)c1ccco1)C(N)=O. The van der Waals surface area contributed by atoms with Crippen molar-refractivity contribution in [3.05, 3.63) is 77.3 Å². The lowest BCUT2D eigenvalue weighted by Gasteiger charge is -2.60. The molecule has 5 unspecified atom stereocenters. The van der Waals surface area contributed by atoms with Gasteiger partial charge in [-0.3, -0.25) is 4.79 Å². The maximum absolute atomic E-state index is 13.6. The molecule has 7 atom stereocenters. The van der Waals surface area contributed by atoms with E-state index in [0.717, 1.165) is 36.2 Å². The van der Waals surface area contributed by atoms with Gasteiger partial charge in [0, 0.05) is 5.41 Å². The molecule has 3 aromatic rings. The zero-order chi connectivity index (χ0) is 28.7. The van der Waals surface area contributed by atoms with Crippen molar-refractivity contribution in [2.24, 2.45) is 34.3 Å². The van der Waals surface area contributed by atoms with Crippen molar-refractivity contribution in [3.63, 3.8) is 0 Å². The molecule has 2 heterocycles. The van der Waals surface area contributed by atoms with Gasteiger partial charge in [0.25, 0.3) is 5.91 Å². The Morgan fingerprint density at radius 2 is 1.98 bits per heavy atom. The number of hydrogen-bond acceptors (Lipinski definition) is 6. The lowest BCUT2D eigenvalue weighted by molar-refractivity contribution is -0.180. The highest BCUT2D eigenvalue weighted by Crippen LogP contribution is 2.68. The van der Waals surface area contributed by atoms with Crippen LogP contribution in [0, 0.1) is 34.4 Å². The van der Waals surface area contributed by atoms with Crippen LogP contribution in [0.15, 0.2) is 58.8 Å². The summed E-state index contributed by atoms with van der Waals surface area (Å²) in [5.41, 5.74) is 7.54. The number of primary amides is 1. The first-order valence-electron chi connectivity index (χ1n) is 14.4. The predicted octanol–water partition coefficient (Wildman–Crippen LogP) is 4.84. The molecule has 0 saturated heterocycles. The van der Waals surface area contributed by atoms with Gasteiger partial charge in [0.1, 0.15) is 5.82 Å². The van der Waals surface area contributed by atoms with Gasteiger partial charge in [-0.15, -0.1) is 0 Å². The monoisotopic (exact) mass is 559 g/mol. The van der Waals surface area contributed by atoms with Gasteiger partial charge < -0.3 is 20.0 Å². The topological polar surface area (TPSA) is 121 Å². The Labute approximate surface area is 237 Å². The number of furan rings is 1. The molecular weight excluding hydrogens is 525 g/mol. The Kier molecular flexibility index (Phi) is 5.68. The van der Waals surface area contributed by atoms with Crippen molar-refractivity contribution in [3.8, 4) is 5.69 Å².